The third kappa shape index (κ3) is 2.84. The molecule has 0 bridgehead atoms. The fourth-order valence-corrected chi connectivity index (χ4v) is 3.17. The largest absolute Gasteiger partial charge is 0.462 e. The lowest BCUT2D eigenvalue weighted by atomic mass is 10.1. The molecule has 126 valence electrons. The maximum atomic E-state index is 12.3. The minimum atomic E-state index is -0.244. The lowest BCUT2D eigenvalue weighted by Gasteiger charge is -2.11. The van der Waals surface area contributed by atoms with E-state index in [1.54, 1.807) is 0 Å². The molecule has 0 amide bonds. The molecule has 0 spiro atoms. The summed E-state index contributed by atoms with van der Waals surface area (Å²) in [5.41, 5.74) is 4.93. The number of nitrogens with one attached hydrogen (secondary N) is 1. The Morgan fingerprint density at radius 1 is 1.25 bits per heavy atom. The number of esters is 1. The maximum absolute atomic E-state index is 12.3. The topological polar surface area (TPSA) is 47.0 Å². The van der Waals surface area contributed by atoms with Gasteiger partial charge in [-0.1, -0.05) is 31.5 Å². The van der Waals surface area contributed by atoms with Gasteiger partial charge in [-0.2, -0.15) is 0 Å². The van der Waals surface area contributed by atoms with Crippen molar-refractivity contribution in [3.63, 3.8) is 0 Å². The highest BCUT2D eigenvalue weighted by Crippen LogP contribution is 2.32. The molecule has 4 heteroatoms. The van der Waals surface area contributed by atoms with Crippen LogP contribution in [0.5, 0.6) is 0 Å². The normalized spacial score (nSPS) is 11.1. The number of hydrogen-bond acceptors (Lipinski definition) is 2. The van der Waals surface area contributed by atoms with Gasteiger partial charge in [0.1, 0.15) is 0 Å². The first-order valence-electron chi connectivity index (χ1n) is 8.61. The second-order valence-electron chi connectivity index (χ2n) is 6.00. The fraction of sp³-hybridized carbons (Fsp3) is 0.350. The molecule has 0 unspecified atom stereocenters. The molecule has 3 aromatic rings. The first kappa shape index (κ1) is 16.4. The van der Waals surface area contributed by atoms with Crippen LogP contribution >= 0.6 is 0 Å². The quantitative estimate of drug-likeness (QED) is 0.654. The number of nitrogens with zero attached hydrogens (tertiary/aromatic N) is 1. The number of fused-ring (bicyclic) bond motifs is 1. The van der Waals surface area contributed by atoms with Gasteiger partial charge in [0.2, 0.25) is 0 Å². The molecule has 0 aliphatic carbocycles. The third-order valence-corrected chi connectivity index (χ3v) is 4.46. The van der Waals surface area contributed by atoms with Crippen LogP contribution in [-0.2, 0) is 11.3 Å². The van der Waals surface area contributed by atoms with Gasteiger partial charge in [-0.25, -0.2) is 4.79 Å². The number of benzene rings is 1. The molecule has 0 atom stereocenters. The summed E-state index contributed by atoms with van der Waals surface area (Å²) >= 11 is 0. The average Bonchev–Trinajstić information content (AvgIpc) is 3.14. The van der Waals surface area contributed by atoms with Crippen LogP contribution in [0.2, 0.25) is 0 Å². The summed E-state index contributed by atoms with van der Waals surface area (Å²) < 4.78 is 7.47. The summed E-state index contributed by atoms with van der Waals surface area (Å²) in [5.74, 6) is -0.244. The summed E-state index contributed by atoms with van der Waals surface area (Å²) in [7, 11) is 0. The number of hydrogen-bond donors (Lipinski definition) is 1. The van der Waals surface area contributed by atoms with Crippen LogP contribution in [0.1, 0.15) is 42.7 Å². The van der Waals surface area contributed by atoms with Crippen molar-refractivity contribution in [2.45, 2.75) is 40.2 Å². The van der Waals surface area contributed by atoms with E-state index in [-0.39, 0.29) is 5.97 Å². The molecule has 0 fully saturated rings. The van der Waals surface area contributed by atoms with Crippen molar-refractivity contribution in [2.24, 2.45) is 0 Å². The number of unbranched alkanes of at least 4 members (excludes halogenated alkanes) is 1. The third-order valence-electron chi connectivity index (χ3n) is 4.46. The zero-order chi connectivity index (χ0) is 17.1. The van der Waals surface area contributed by atoms with Gasteiger partial charge in [0.15, 0.2) is 0 Å². The number of H-pyrrole nitrogens is 1. The van der Waals surface area contributed by atoms with Gasteiger partial charge in [0.05, 0.1) is 17.9 Å². The number of carbonyl (C=O) groups excluding carboxylic acids is 1. The van der Waals surface area contributed by atoms with Gasteiger partial charge in [0.25, 0.3) is 0 Å². The van der Waals surface area contributed by atoms with Crippen LogP contribution in [0.3, 0.4) is 0 Å². The molecule has 4 nitrogen and oxygen atoms in total. The number of ether oxygens (including phenoxy) is 1. The van der Waals surface area contributed by atoms with E-state index >= 15 is 0 Å². The molecule has 2 aromatic heterocycles. The molecule has 0 aliphatic rings. The van der Waals surface area contributed by atoms with Crippen LogP contribution in [0.4, 0.5) is 0 Å². The summed E-state index contributed by atoms with van der Waals surface area (Å²) in [5, 5.41) is 1.17. The summed E-state index contributed by atoms with van der Waals surface area (Å²) in [6.07, 6.45) is 4.21. The van der Waals surface area contributed by atoms with E-state index in [0.29, 0.717) is 12.2 Å². The van der Waals surface area contributed by atoms with Crippen LogP contribution < -0.4 is 0 Å². The van der Waals surface area contributed by atoms with E-state index in [2.05, 4.69) is 28.6 Å². The Morgan fingerprint density at radius 2 is 2.04 bits per heavy atom. The number of carbonyl (C=O) groups is 1. The monoisotopic (exact) mass is 324 g/mol. The number of para-hydroxylation sites is 1. The molecule has 0 aliphatic heterocycles. The summed E-state index contributed by atoms with van der Waals surface area (Å²) in [6, 6.07) is 10.2. The molecule has 1 N–H and O–H groups in total. The lowest BCUT2D eigenvalue weighted by Crippen LogP contribution is -2.07. The number of aromatic amines is 1. The molecular formula is C20H24N2O2. The fourth-order valence-electron chi connectivity index (χ4n) is 3.17. The van der Waals surface area contributed by atoms with E-state index < -0.39 is 0 Å². The van der Waals surface area contributed by atoms with E-state index in [4.69, 9.17) is 4.74 Å². The van der Waals surface area contributed by atoms with Crippen molar-refractivity contribution in [1.82, 2.24) is 9.55 Å². The SMILES string of the molecule is CCCCn1c(-c2c[nH]c3ccccc23)cc(C(=O)OCC)c1C. The van der Waals surface area contributed by atoms with Crippen molar-refractivity contribution in [3.8, 4) is 11.3 Å². The van der Waals surface area contributed by atoms with E-state index in [0.717, 1.165) is 41.9 Å². The first-order chi connectivity index (χ1) is 11.7. The van der Waals surface area contributed by atoms with E-state index in [1.807, 2.05) is 38.2 Å². The molecule has 0 saturated heterocycles. The summed E-state index contributed by atoms with van der Waals surface area (Å²) in [6.45, 7) is 7.30. The minimum absolute atomic E-state index is 0.244. The number of aromatic nitrogens is 2. The lowest BCUT2D eigenvalue weighted by molar-refractivity contribution is 0.0525. The Hall–Kier alpha value is -2.49. The van der Waals surface area contributed by atoms with Gasteiger partial charge in [-0.15, -0.1) is 0 Å². The zero-order valence-corrected chi connectivity index (χ0v) is 14.6. The molecule has 0 radical (unpaired) electrons. The second kappa shape index (κ2) is 6.95. The zero-order valence-electron chi connectivity index (χ0n) is 14.6. The highest BCUT2D eigenvalue weighted by Gasteiger charge is 2.20. The average molecular weight is 324 g/mol. The van der Waals surface area contributed by atoms with Gasteiger partial charge >= 0.3 is 5.97 Å². The predicted octanol–water partition coefficient (Wildman–Crippen LogP) is 4.92. The summed E-state index contributed by atoms with van der Waals surface area (Å²) in [4.78, 5) is 15.6. The Kier molecular flexibility index (Phi) is 4.74. The number of rotatable bonds is 6. The molecular weight excluding hydrogens is 300 g/mol. The van der Waals surface area contributed by atoms with Crippen LogP contribution in [0.25, 0.3) is 22.2 Å². The van der Waals surface area contributed by atoms with Crippen molar-refractivity contribution >= 4 is 16.9 Å². The van der Waals surface area contributed by atoms with Gasteiger partial charge in [0, 0.05) is 34.9 Å². The Morgan fingerprint density at radius 3 is 2.79 bits per heavy atom. The Bertz CT molecular complexity index is 858. The molecule has 0 saturated carbocycles. The predicted molar refractivity (Wildman–Crippen MR) is 97.3 cm³/mol. The van der Waals surface area contributed by atoms with Crippen molar-refractivity contribution in [2.75, 3.05) is 6.61 Å². The first-order valence-corrected chi connectivity index (χ1v) is 8.61. The van der Waals surface area contributed by atoms with E-state index in [9.17, 15) is 4.79 Å². The van der Waals surface area contributed by atoms with Crippen molar-refractivity contribution in [3.05, 3.63) is 47.8 Å². The van der Waals surface area contributed by atoms with E-state index in [1.165, 1.54) is 5.39 Å². The van der Waals surface area contributed by atoms with Crippen LogP contribution in [-0.4, -0.2) is 22.1 Å². The highest BCUT2D eigenvalue weighted by atomic mass is 16.5. The minimum Gasteiger partial charge on any atom is -0.462 e. The Balaban J connectivity index is 2.14. The van der Waals surface area contributed by atoms with Crippen molar-refractivity contribution in [1.29, 1.82) is 0 Å². The smallest absolute Gasteiger partial charge is 0.339 e. The van der Waals surface area contributed by atoms with Crippen LogP contribution in [0, 0.1) is 6.92 Å². The van der Waals surface area contributed by atoms with Gasteiger partial charge in [-0.3, -0.25) is 0 Å². The second-order valence-corrected chi connectivity index (χ2v) is 6.00. The highest BCUT2D eigenvalue weighted by molar-refractivity contribution is 5.98. The van der Waals surface area contributed by atoms with Gasteiger partial charge in [-0.05, 0) is 32.4 Å². The molecule has 24 heavy (non-hydrogen) atoms. The standard InChI is InChI=1S/C20H24N2O2/c1-4-6-11-22-14(3)16(20(23)24-5-2)12-19(22)17-13-21-18-10-8-7-9-15(17)18/h7-10,12-13,21H,4-6,11H2,1-3H3. The molecule has 2 heterocycles. The molecule has 3 rings (SSSR count). The maximum Gasteiger partial charge on any atom is 0.339 e. The van der Waals surface area contributed by atoms with Crippen molar-refractivity contribution < 1.29 is 9.53 Å². The van der Waals surface area contributed by atoms with Crippen LogP contribution in [0.15, 0.2) is 36.5 Å². The van der Waals surface area contributed by atoms with Gasteiger partial charge < -0.3 is 14.3 Å². The molecule has 1 aromatic carbocycles. The Labute approximate surface area is 142 Å².